The number of para-hydroxylation sites is 1. The summed E-state index contributed by atoms with van der Waals surface area (Å²) in [6, 6.07) is 17.0. The summed E-state index contributed by atoms with van der Waals surface area (Å²) in [6.45, 7) is 4.27. The van der Waals surface area contributed by atoms with Gasteiger partial charge in [0.2, 0.25) is 0 Å². The molecule has 0 aliphatic carbocycles. The van der Waals surface area contributed by atoms with Gasteiger partial charge in [-0.15, -0.1) is 0 Å². The second-order valence-corrected chi connectivity index (χ2v) is 4.40. The molecule has 2 rings (SSSR count). The highest BCUT2D eigenvalue weighted by molar-refractivity contribution is 6.30. The Hall–Kier alpha value is -2.17. The molecule has 0 amide bonds. The Balaban J connectivity index is 1.90. The molecule has 0 atom stereocenters. The summed E-state index contributed by atoms with van der Waals surface area (Å²) < 4.78 is 5.55. The van der Waals surface area contributed by atoms with Crippen molar-refractivity contribution in [1.29, 1.82) is 0 Å². The first kappa shape index (κ1) is 13.3. The molecule has 0 N–H and O–H groups in total. The number of benzene rings is 2. The fourth-order valence-corrected chi connectivity index (χ4v) is 1.54. The lowest BCUT2D eigenvalue weighted by molar-refractivity contribution is 0.357. The number of halogens is 1. The van der Waals surface area contributed by atoms with Crippen LogP contribution in [0.5, 0.6) is 5.75 Å². The van der Waals surface area contributed by atoms with Gasteiger partial charge in [0.25, 0.3) is 0 Å². The molecule has 19 heavy (non-hydrogen) atoms. The maximum atomic E-state index is 5.81. The average molecular weight is 269 g/mol. The van der Waals surface area contributed by atoms with Crippen LogP contribution in [-0.2, 0) is 0 Å². The van der Waals surface area contributed by atoms with Crippen LogP contribution in [0.3, 0.4) is 0 Å². The van der Waals surface area contributed by atoms with Gasteiger partial charge in [0.1, 0.15) is 12.4 Å². The normalized spacial score (nSPS) is 9.32. The summed E-state index contributed by atoms with van der Waals surface area (Å²) in [5.74, 6) is 6.81. The van der Waals surface area contributed by atoms with Crippen LogP contribution in [0.2, 0.25) is 5.02 Å². The van der Waals surface area contributed by atoms with Crippen LogP contribution in [-0.4, -0.2) is 6.61 Å². The minimum Gasteiger partial charge on any atom is -0.488 e. The van der Waals surface area contributed by atoms with Gasteiger partial charge in [0.05, 0.1) is 0 Å². The minimum absolute atomic E-state index is 0.393. The molecule has 2 aromatic carbocycles. The van der Waals surface area contributed by atoms with Crippen molar-refractivity contribution >= 4 is 11.6 Å². The van der Waals surface area contributed by atoms with Gasteiger partial charge in [-0.05, 0) is 36.4 Å². The molecule has 94 valence electrons. The van der Waals surface area contributed by atoms with Crippen molar-refractivity contribution in [3.63, 3.8) is 0 Å². The molecule has 0 aliphatic heterocycles. The van der Waals surface area contributed by atoms with Crippen molar-refractivity contribution < 1.29 is 4.74 Å². The van der Waals surface area contributed by atoms with Gasteiger partial charge in [-0.25, -0.2) is 0 Å². The van der Waals surface area contributed by atoms with E-state index in [4.69, 9.17) is 16.3 Å². The molecular formula is C17H13ClO. The van der Waals surface area contributed by atoms with E-state index in [0.717, 1.165) is 16.9 Å². The molecule has 0 saturated heterocycles. The van der Waals surface area contributed by atoms with Crippen molar-refractivity contribution in [2.24, 2.45) is 0 Å². The predicted octanol–water partition coefficient (Wildman–Crippen LogP) is 4.33. The Kier molecular flexibility index (Phi) is 4.66. The van der Waals surface area contributed by atoms with Crippen molar-refractivity contribution in [1.82, 2.24) is 0 Å². The third-order valence-electron chi connectivity index (χ3n) is 2.38. The molecule has 0 saturated carbocycles. The Labute approximate surface area is 118 Å². The lowest BCUT2D eigenvalue weighted by atomic mass is 10.2. The van der Waals surface area contributed by atoms with E-state index in [1.165, 1.54) is 0 Å². The molecule has 0 fully saturated rings. The van der Waals surface area contributed by atoms with Crippen LogP contribution in [0.1, 0.15) is 5.56 Å². The van der Waals surface area contributed by atoms with Gasteiger partial charge >= 0.3 is 0 Å². The Bertz CT molecular complexity index is 603. The first-order valence-electron chi connectivity index (χ1n) is 5.87. The largest absolute Gasteiger partial charge is 0.488 e. The lowest BCUT2D eigenvalue weighted by Crippen LogP contribution is -1.98. The summed E-state index contributed by atoms with van der Waals surface area (Å²) >= 11 is 5.81. The third-order valence-corrected chi connectivity index (χ3v) is 2.64. The van der Waals surface area contributed by atoms with Crippen LogP contribution < -0.4 is 4.74 Å². The summed E-state index contributed by atoms with van der Waals surface area (Å²) in [5.41, 5.74) is 1.64. The summed E-state index contributed by atoms with van der Waals surface area (Å²) in [7, 11) is 0. The molecule has 0 radical (unpaired) electrons. The fraction of sp³-hybridized carbons (Fsp3) is 0.0588. The number of hydrogen-bond acceptors (Lipinski definition) is 1. The van der Waals surface area contributed by atoms with Crippen LogP contribution in [0.15, 0.2) is 66.7 Å². The fourth-order valence-electron chi connectivity index (χ4n) is 1.42. The van der Waals surface area contributed by atoms with Crippen LogP contribution in [0, 0.1) is 11.8 Å². The van der Waals surface area contributed by atoms with Gasteiger partial charge in [-0.3, -0.25) is 0 Å². The molecule has 0 aromatic heterocycles. The van der Waals surface area contributed by atoms with E-state index < -0.39 is 0 Å². The SMILES string of the molecule is C=C(C#Cc1ccc(Cl)cc1)COc1ccccc1. The second kappa shape index (κ2) is 6.68. The maximum absolute atomic E-state index is 5.81. The highest BCUT2D eigenvalue weighted by atomic mass is 35.5. The van der Waals surface area contributed by atoms with E-state index in [0.29, 0.717) is 11.6 Å². The standard InChI is InChI=1S/C17H13ClO/c1-14(13-19-17-5-3-2-4-6-17)7-8-15-9-11-16(18)12-10-15/h2-6,9-12H,1,13H2. The van der Waals surface area contributed by atoms with E-state index in [2.05, 4.69) is 18.4 Å². The quantitative estimate of drug-likeness (QED) is 0.753. The topological polar surface area (TPSA) is 9.23 Å². The van der Waals surface area contributed by atoms with Crippen molar-refractivity contribution in [2.45, 2.75) is 0 Å². The summed E-state index contributed by atoms with van der Waals surface area (Å²) in [5, 5.41) is 0.705. The summed E-state index contributed by atoms with van der Waals surface area (Å²) in [4.78, 5) is 0. The van der Waals surface area contributed by atoms with Crippen molar-refractivity contribution in [2.75, 3.05) is 6.61 Å². The van der Waals surface area contributed by atoms with E-state index in [9.17, 15) is 0 Å². The van der Waals surface area contributed by atoms with Crippen LogP contribution >= 0.6 is 11.6 Å². The average Bonchev–Trinajstić information content (AvgIpc) is 2.45. The molecule has 1 nitrogen and oxygen atoms in total. The molecular weight excluding hydrogens is 256 g/mol. The van der Waals surface area contributed by atoms with Crippen molar-refractivity contribution in [3.05, 3.63) is 77.3 Å². The summed E-state index contributed by atoms with van der Waals surface area (Å²) in [6.07, 6.45) is 0. The predicted molar refractivity (Wildman–Crippen MR) is 79.4 cm³/mol. The van der Waals surface area contributed by atoms with Gasteiger partial charge in [-0.2, -0.15) is 0 Å². The van der Waals surface area contributed by atoms with Crippen LogP contribution in [0.25, 0.3) is 0 Å². The van der Waals surface area contributed by atoms with Gasteiger partial charge in [0, 0.05) is 16.2 Å². The second-order valence-electron chi connectivity index (χ2n) is 3.96. The first-order chi connectivity index (χ1) is 9.24. The molecule has 0 aliphatic rings. The molecule has 0 spiro atoms. The highest BCUT2D eigenvalue weighted by Gasteiger charge is 1.93. The molecule has 0 unspecified atom stereocenters. The zero-order valence-electron chi connectivity index (χ0n) is 10.4. The van der Waals surface area contributed by atoms with E-state index in [1.54, 1.807) is 0 Å². The Morgan fingerprint density at radius 1 is 1.05 bits per heavy atom. The first-order valence-corrected chi connectivity index (χ1v) is 6.25. The minimum atomic E-state index is 0.393. The smallest absolute Gasteiger partial charge is 0.120 e. The number of rotatable bonds is 3. The monoisotopic (exact) mass is 268 g/mol. The van der Waals surface area contributed by atoms with Crippen LogP contribution in [0.4, 0.5) is 0 Å². The highest BCUT2D eigenvalue weighted by Crippen LogP contribution is 2.10. The van der Waals surface area contributed by atoms with Gasteiger partial charge in [-0.1, -0.05) is 48.2 Å². The van der Waals surface area contributed by atoms with E-state index in [1.807, 2.05) is 54.6 Å². The third kappa shape index (κ3) is 4.54. The Morgan fingerprint density at radius 3 is 2.42 bits per heavy atom. The molecule has 0 heterocycles. The van der Waals surface area contributed by atoms with E-state index >= 15 is 0 Å². The zero-order valence-corrected chi connectivity index (χ0v) is 11.2. The van der Waals surface area contributed by atoms with Gasteiger partial charge in [0.15, 0.2) is 0 Å². The zero-order chi connectivity index (χ0) is 13.5. The maximum Gasteiger partial charge on any atom is 0.120 e. The Morgan fingerprint density at radius 2 is 1.74 bits per heavy atom. The molecule has 2 heteroatoms. The number of ether oxygens (including phenoxy) is 1. The number of hydrogen-bond donors (Lipinski definition) is 0. The molecule has 2 aromatic rings. The van der Waals surface area contributed by atoms with Gasteiger partial charge < -0.3 is 4.74 Å². The van der Waals surface area contributed by atoms with Crippen molar-refractivity contribution in [3.8, 4) is 17.6 Å². The van der Waals surface area contributed by atoms with E-state index in [-0.39, 0.29) is 0 Å². The lowest BCUT2D eigenvalue weighted by Gasteiger charge is -2.03. The molecule has 0 bridgehead atoms.